The second-order valence-corrected chi connectivity index (χ2v) is 7.91. The van der Waals surface area contributed by atoms with E-state index >= 15 is 0 Å². The highest BCUT2D eigenvalue weighted by molar-refractivity contribution is 14.0. The van der Waals surface area contributed by atoms with Crippen LogP contribution in [0, 0.1) is 0 Å². The lowest BCUT2D eigenvalue weighted by molar-refractivity contribution is 0.0963. The van der Waals surface area contributed by atoms with E-state index in [2.05, 4.69) is 10.6 Å². The molecule has 4 N–H and O–H groups in total. The molecule has 0 aromatic carbocycles. The van der Waals surface area contributed by atoms with Crippen LogP contribution in [0.5, 0.6) is 0 Å². The van der Waals surface area contributed by atoms with E-state index in [-0.39, 0.29) is 48.2 Å². The fraction of sp³-hybridized carbons (Fsp3) is 0.667. The fourth-order valence-electron chi connectivity index (χ4n) is 3.92. The first-order chi connectivity index (χ1) is 15.0. The zero-order chi connectivity index (χ0) is 22.1. The Hall–Kier alpha value is -2.18. The fourth-order valence-corrected chi connectivity index (χ4v) is 3.92. The number of furan rings is 1. The predicted octanol–water partition coefficient (Wildman–Crippen LogP) is 2.14. The molecule has 0 saturated carbocycles. The molecule has 3 rings (SSSR count). The number of aliphatic imine (C=N–C) groups is 1. The van der Waals surface area contributed by atoms with Gasteiger partial charge in [0.15, 0.2) is 5.96 Å². The summed E-state index contributed by atoms with van der Waals surface area (Å²) in [6, 6.07) is 3.91. The summed E-state index contributed by atoms with van der Waals surface area (Å²) >= 11 is 0. The molecule has 1 aromatic heterocycles. The predicted molar refractivity (Wildman–Crippen MR) is 132 cm³/mol. The lowest BCUT2D eigenvalue weighted by atomic mass is 10.0. The van der Waals surface area contributed by atoms with Crippen molar-refractivity contribution in [1.29, 1.82) is 0 Å². The molecule has 11 heteroatoms. The summed E-state index contributed by atoms with van der Waals surface area (Å²) in [7, 11) is 0. The lowest BCUT2D eigenvalue weighted by Gasteiger charge is -2.35. The Bertz CT molecular complexity index is 729. The van der Waals surface area contributed by atoms with Gasteiger partial charge in [-0.05, 0) is 44.7 Å². The molecule has 0 atom stereocenters. The number of carbonyl (C=O) groups is 2. The van der Waals surface area contributed by atoms with E-state index in [1.807, 2.05) is 19.1 Å². The Labute approximate surface area is 206 Å². The van der Waals surface area contributed by atoms with Crippen LogP contribution in [-0.2, 0) is 11.2 Å². The summed E-state index contributed by atoms with van der Waals surface area (Å²) in [6.07, 6.45) is 5.45. The van der Waals surface area contributed by atoms with Crippen LogP contribution in [0.25, 0.3) is 0 Å². The second kappa shape index (κ2) is 13.4. The lowest BCUT2D eigenvalue weighted by Crippen LogP contribution is -2.54. The van der Waals surface area contributed by atoms with Gasteiger partial charge in [-0.1, -0.05) is 0 Å². The molecule has 0 bridgehead atoms. The van der Waals surface area contributed by atoms with Crippen molar-refractivity contribution in [3.05, 3.63) is 24.2 Å². The number of likely N-dealkylation sites (tertiary alicyclic amines) is 2. The van der Waals surface area contributed by atoms with Gasteiger partial charge in [0, 0.05) is 51.2 Å². The first-order valence-electron chi connectivity index (χ1n) is 11.1. The number of nitrogens with zero attached hydrogens (tertiary/aromatic N) is 3. The summed E-state index contributed by atoms with van der Waals surface area (Å²) in [5, 5.41) is 7.05. The van der Waals surface area contributed by atoms with Crippen LogP contribution in [0.15, 0.2) is 27.8 Å². The Kier molecular flexibility index (Phi) is 10.9. The van der Waals surface area contributed by atoms with Crippen LogP contribution < -0.4 is 16.4 Å². The van der Waals surface area contributed by atoms with E-state index in [1.54, 1.807) is 16.1 Å². The number of halogens is 1. The van der Waals surface area contributed by atoms with Gasteiger partial charge in [-0.25, -0.2) is 9.59 Å². The minimum atomic E-state index is -0.364. The van der Waals surface area contributed by atoms with Gasteiger partial charge in [-0.2, -0.15) is 0 Å². The third kappa shape index (κ3) is 8.06. The van der Waals surface area contributed by atoms with E-state index < -0.39 is 0 Å². The highest BCUT2D eigenvalue weighted by Gasteiger charge is 2.26. The summed E-state index contributed by atoms with van der Waals surface area (Å²) in [4.78, 5) is 31.5. The van der Waals surface area contributed by atoms with E-state index in [9.17, 15) is 9.59 Å². The van der Waals surface area contributed by atoms with Gasteiger partial charge < -0.3 is 35.3 Å². The monoisotopic (exact) mass is 562 g/mol. The van der Waals surface area contributed by atoms with Gasteiger partial charge in [0.05, 0.1) is 12.9 Å². The number of ether oxygens (including phenoxy) is 1. The van der Waals surface area contributed by atoms with Crippen LogP contribution in [0.2, 0.25) is 0 Å². The van der Waals surface area contributed by atoms with Gasteiger partial charge in [0.25, 0.3) is 0 Å². The SMILES string of the molecule is CCOC(=O)N1CCC(NC(=NCCc2ccco2)NC2CCN(C(N)=O)CC2)CC1.I. The van der Waals surface area contributed by atoms with E-state index in [0.29, 0.717) is 39.3 Å². The molecule has 2 aliphatic rings. The van der Waals surface area contributed by atoms with E-state index in [4.69, 9.17) is 19.9 Å². The summed E-state index contributed by atoms with van der Waals surface area (Å²) in [5.74, 6) is 1.67. The van der Waals surface area contributed by atoms with Crippen LogP contribution in [0.1, 0.15) is 38.4 Å². The normalized spacial score (nSPS) is 18.1. The molecular weight excluding hydrogens is 527 g/mol. The Morgan fingerprint density at radius 2 is 1.72 bits per heavy atom. The Morgan fingerprint density at radius 1 is 1.12 bits per heavy atom. The molecule has 0 aliphatic carbocycles. The summed E-state index contributed by atoms with van der Waals surface area (Å²) in [6.45, 7) is 5.42. The number of nitrogens with one attached hydrogen (secondary N) is 2. The quantitative estimate of drug-likeness (QED) is 0.277. The molecular formula is C21H35IN6O4. The maximum absolute atomic E-state index is 11.9. The molecule has 32 heavy (non-hydrogen) atoms. The highest BCUT2D eigenvalue weighted by Crippen LogP contribution is 2.13. The topological polar surface area (TPSA) is 125 Å². The zero-order valence-electron chi connectivity index (χ0n) is 18.6. The van der Waals surface area contributed by atoms with Gasteiger partial charge >= 0.3 is 12.1 Å². The van der Waals surface area contributed by atoms with Crippen molar-refractivity contribution in [1.82, 2.24) is 20.4 Å². The summed E-state index contributed by atoms with van der Waals surface area (Å²) < 4.78 is 10.5. The highest BCUT2D eigenvalue weighted by atomic mass is 127. The van der Waals surface area contributed by atoms with E-state index in [0.717, 1.165) is 43.8 Å². The van der Waals surface area contributed by atoms with Crippen LogP contribution in [0.3, 0.4) is 0 Å². The molecule has 0 radical (unpaired) electrons. The molecule has 1 aromatic rings. The van der Waals surface area contributed by atoms with Crippen molar-refractivity contribution in [2.45, 2.75) is 51.1 Å². The molecule has 10 nitrogen and oxygen atoms in total. The van der Waals surface area contributed by atoms with Crippen LogP contribution in [-0.4, -0.2) is 79.3 Å². The number of amides is 3. The number of carbonyl (C=O) groups excluding carboxylic acids is 2. The molecule has 180 valence electrons. The zero-order valence-corrected chi connectivity index (χ0v) is 21.0. The number of hydrogen-bond donors (Lipinski definition) is 3. The summed E-state index contributed by atoms with van der Waals surface area (Å²) in [5.41, 5.74) is 5.39. The minimum Gasteiger partial charge on any atom is -0.469 e. The number of urea groups is 1. The molecule has 2 saturated heterocycles. The van der Waals surface area contributed by atoms with Gasteiger partial charge in [-0.15, -0.1) is 24.0 Å². The Balaban J connectivity index is 0.00000363. The van der Waals surface area contributed by atoms with Crippen molar-refractivity contribution in [2.75, 3.05) is 39.3 Å². The molecule has 3 heterocycles. The number of nitrogens with two attached hydrogens (primary N) is 1. The van der Waals surface area contributed by atoms with Crippen molar-refractivity contribution in [3.63, 3.8) is 0 Å². The van der Waals surface area contributed by atoms with Crippen LogP contribution in [0.4, 0.5) is 9.59 Å². The molecule has 0 spiro atoms. The second-order valence-electron chi connectivity index (χ2n) is 7.91. The van der Waals surface area contributed by atoms with Gasteiger partial charge in [0.2, 0.25) is 0 Å². The average Bonchev–Trinajstić information content (AvgIpc) is 3.28. The smallest absolute Gasteiger partial charge is 0.409 e. The van der Waals surface area contributed by atoms with Crippen molar-refractivity contribution < 1.29 is 18.7 Å². The number of piperidine rings is 2. The molecule has 2 fully saturated rings. The standard InChI is InChI=1S/C21H34N6O4.HI/c1-2-30-21(29)27-13-8-17(9-14-27)25-20(23-10-5-18-4-3-15-31-18)24-16-6-11-26(12-7-16)19(22)28;/h3-4,15-17H,2,5-14H2,1H3,(H2,22,28)(H2,23,24,25);1H. The largest absolute Gasteiger partial charge is 0.469 e. The third-order valence-electron chi connectivity index (χ3n) is 5.72. The van der Waals surface area contributed by atoms with Crippen molar-refractivity contribution >= 4 is 42.1 Å². The number of guanidine groups is 1. The first kappa shape index (κ1) is 26.1. The first-order valence-corrected chi connectivity index (χ1v) is 11.1. The molecule has 3 amide bonds. The number of hydrogen-bond acceptors (Lipinski definition) is 5. The minimum absolute atomic E-state index is 0. The van der Waals surface area contributed by atoms with Crippen LogP contribution >= 0.6 is 24.0 Å². The van der Waals surface area contributed by atoms with Gasteiger partial charge in [-0.3, -0.25) is 4.99 Å². The molecule has 2 aliphatic heterocycles. The molecule has 0 unspecified atom stereocenters. The average molecular weight is 562 g/mol. The number of rotatable bonds is 6. The van der Waals surface area contributed by atoms with Crippen molar-refractivity contribution in [2.24, 2.45) is 10.7 Å². The van der Waals surface area contributed by atoms with E-state index in [1.165, 1.54) is 0 Å². The van der Waals surface area contributed by atoms with Gasteiger partial charge in [0.1, 0.15) is 5.76 Å². The Morgan fingerprint density at radius 3 is 2.22 bits per heavy atom. The third-order valence-corrected chi connectivity index (χ3v) is 5.72. The maximum atomic E-state index is 11.9. The maximum Gasteiger partial charge on any atom is 0.409 e. The van der Waals surface area contributed by atoms with Crippen molar-refractivity contribution in [3.8, 4) is 0 Å². The number of primary amides is 1.